The maximum atomic E-state index is 11.6. The van der Waals surface area contributed by atoms with E-state index in [1.54, 1.807) is 20.8 Å². The summed E-state index contributed by atoms with van der Waals surface area (Å²) in [6.07, 6.45) is 5.91. The van der Waals surface area contributed by atoms with Crippen molar-refractivity contribution < 1.29 is 19.4 Å². The molecule has 0 saturated heterocycles. The molecule has 1 atom stereocenters. The topological polar surface area (TPSA) is 63.6 Å². The number of rotatable bonds is 9. The van der Waals surface area contributed by atoms with Crippen LogP contribution in [0, 0.1) is 5.92 Å². The molecule has 0 spiro atoms. The van der Waals surface area contributed by atoms with Gasteiger partial charge in [-0.15, -0.1) is 0 Å². The molecule has 1 unspecified atom stereocenters. The molecule has 0 saturated carbocycles. The molecule has 0 rings (SSSR count). The highest BCUT2D eigenvalue weighted by atomic mass is 16.6. The van der Waals surface area contributed by atoms with Crippen molar-refractivity contribution >= 4 is 11.9 Å². The maximum absolute atomic E-state index is 11.6. The van der Waals surface area contributed by atoms with E-state index in [0.29, 0.717) is 6.42 Å². The van der Waals surface area contributed by atoms with Crippen LogP contribution >= 0.6 is 0 Å². The minimum absolute atomic E-state index is 0.0274. The van der Waals surface area contributed by atoms with Gasteiger partial charge in [-0.05, 0) is 27.2 Å². The Hall–Kier alpha value is -1.06. The van der Waals surface area contributed by atoms with Crippen molar-refractivity contribution in [1.82, 2.24) is 0 Å². The van der Waals surface area contributed by atoms with Gasteiger partial charge in [-0.3, -0.25) is 9.59 Å². The molecule has 19 heavy (non-hydrogen) atoms. The van der Waals surface area contributed by atoms with Crippen LogP contribution in [0.25, 0.3) is 0 Å². The van der Waals surface area contributed by atoms with Gasteiger partial charge in [-0.1, -0.05) is 39.0 Å². The van der Waals surface area contributed by atoms with Crippen molar-refractivity contribution in [3.8, 4) is 0 Å². The predicted octanol–water partition coefficient (Wildman–Crippen LogP) is 3.78. The zero-order valence-corrected chi connectivity index (χ0v) is 12.7. The minimum Gasteiger partial charge on any atom is -0.481 e. The Morgan fingerprint density at radius 3 is 2.16 bits per heavy atom. The summed E-state index contributed by atoms with van der Waals surface area (Å²) in [5.74, 6) is -1.94. The van der Waals surface area contributed by atoms with Crippen LogP contribution in [0.4, 0.5) is 0 Å². The van der Waals surface area contributed by atoms with Crippen LogP contribution in [0.15, 0.2) is 0 Å². The summed E-state index contributed by atoms with van der Waals surface area (Å²) in [5, 5.41) is 9.12. The molecule has 0 aliphatic rings. The number of hydrogen-bond donors (Lipinski definition) is 1. The Morgan fingerprint density at radius 1 is 1.11 bits per heavy atom. The molecule has 1 N–H and O–H groups in total. The summed E-state index contributed by atoms with van der Waals surface area (Å²) >= 11 is 0. The van der Waals surface area contributed by atoms with Gasteiger partial charge in [-0.2, -0.15) is 0 Å². The van der Waals surface area contributed by atoms with E-state index in [-0.39, 0.29) is 6.42 Å². The average Bonchev–Trinajstić information content (AvgIpc) is 2.24. The highest BCUT2D eigenvalue weighted by Crippen LogP contribution is 2.18. The Kier molecular flexibility index (Phi) is 8.44. The van der Waals surface area contributed by atoms with Crippen molar-refractivity contribution in [2.24, 2.45) is 5.92 Å². The summed E-state index contributed by atoms with van der Waals surface area (Å²) in [7, 11) is 0. The van der Waals surface area contributed by atoms with Gasteiger partial charge in [0.25, 0.3) is 0 Å². The molecule has 4 nitrogen and oxygen atoms in total. The second-order valence-electron chi connectivity index (χ2n) is 6.03. The van der Waals surface area contributed by atoms with Crippen LogP contribution < -0.4 is 0 Å². The second-order valence-corrected chi connectivity index (χ2v) is 6.03. The molecule has 0 heterocycles. The first-order valence-electron chi connectivity index (χ1n) is 7.21. The normalized spacial score (nSPS) is 13.1. The fraction of sp³-hybridized carbons (Fsp3) is 0.867. The van der Waals surface area contributed by atoms with Gasteiger partial charge in [0, 0.05) is 0 Å². The average molecular weight is 272 g/mol. The molecule has 0 fully saturated rings. The molecule has 0 amide bonds. The summed E-state index contributed by atoms with van der Waals surface area (Å²) < 4.78 is 5.16. The highest BCUT2D eigenvalue weighted by Gasteiger charge is 2.24. The van der Waals surface area contributed by atoms with Crippen LogP contribution in [0.3, 0.4) is 0 Å². The van der Waals surface area contributed by atoms with Gasteiger partial charge < -0.3 is 9.84 Å². The quantitative estimate of drug-likeness (QED) is 0.512. The lowest BCUT2D eigenvalue weighted by Gasteiger charge is -2.21. The zero-order valence-electron chi connectivity index (χ0n) is 12.7. The van der Waals surface area contributed by atoms with Crippen molar-refractivity contribution in [3.05, 3.63) is 0 Å². The van der Waals surface area contributed by atoms with E-state index >= 15 is 0 Å². The molecule has 0 aliphatic carbocycles. The Bertz CT molecular complexity index is 278. The Morgan fingerprint density at radius 2 is 1.68 bits per heavy atom. The first-order chi connectivity index (χ1) is 8.76. The van der Waals surface area contributed by atoms with Gasteiger partial charge >= 0.3 is 11.9 Å². The van der Waals surface area contributed by atoms with Gasteiger partial charge in [0.2, 0.25) is 0 Å². The number of hydrogen-bond acceptors (Lipinski definition) is 3. The van der Waals surface area contributed by atoms with E-state index in [4.69, 9.17) is 9.84 Å². The molecule has 0 aliphatic heterocycles. The van der Waals surface area contributed by atoms with Gasteiger partial charge in [0.15, 0.2) is 0 Å². The molecular formula is C15H28O4. The van der Waals surface area contributed by atoms with E-state index in [0.717, 1.165) is 19.3 Å². The number of aliphatic carboxylic acids is 1. The van der Waals surface area contributed by atoms with Crippen LogP contribution in [-0.2, 0) is 14.3 Å². The van der Waals surface area contributed by atoms with Crippen molar-refractivity contribution in [3.63, 3.8) is 0 Å². The molecule has 0 bridgehead atoms. The summed E-state index contributed by atoms with van der Waals surface area (Å²) in [5.41, 5.74) is -0.554. The van der Waals surface area contributed by atoms with Crippen LogP contribution in [0.5, 0.6) is 0 Å². The lowest BCUT2D eigenvalue weighted by atomic mass is 9.97. The standard InChI is InChI=1S/C15H28O4/c1-5-6-7-8-9-10-12(14(17)18)11-13(16)19-15(2,3)4/h12H,5-11H2,1-4H3,(H,17,18). The van der Waals surface area contributed by atoms with Gasteiger partial charge in [0.05, 0.1) is 12.3 Å². The molecule has 0 aromatic rings. The molecular weight excluding hydrogens is 244 g/mol. The second kappa shape index (κ2) is 8.94. The number of esters is 1. The number of carbonyl (C=O) groups is 2. The third-order valence-electron chi connectivity index (χ3n) is 2.84. The van der Waals surface area contributed by atoms with E-state index in [9.17, 15) is 9.59 Å². The molecule has 4 heteroatoms. The first kappa shape index (κ1) is 17.9. The fourth-order valence-corrected chi connectivity index (χ4v) is 1.89. The summed E-state index contributed by atoms with van der Waals surface area (Å²) in [6.45, 7) is 7.49. The van der Waals surface area contributed by atoms with E-state index in [1.807, 2.05) is 0 Å². The molecule has 0 aromatic carbocycles. The summed E-state index contributed by atoms with van der Waals surface area (Å²) in [6, 6.07) is 0. The number of carboxylic acids is 1. The minimum atomic E-state index is -0.902. The predicted molar refractivity (Wildman–Crippen MR) is 75.0 cm³/mol. The number of ether oxygens (including phenoxy) is 1. The fourth-order valence-electron chi connectivity index (χ4n) is 1.89. The van der Waals surface area contributed by atoms with Crippen LogP contribution in [0.2, 0.25) is 0 Å². The van der Waals surface area contributed by atoms with E-state index in [1.165, 1.54) is 12.8 Å². The smallest absolute Gasteiger partial charge is 0.307 e. The SMILES string of the molecule is CCCCCCCC(CC(=O)OC(C)(C)C)C(=O)O. The highest BCUT2D eigenvalue weighted by molar-refractivity contribution is 5.78. The van der Waals surface area contributed by atoms with Gasteiger partial charge in [-0.25, -0.2) is 0 Å². The van der Waals surface area contributed by atoms with Crippen LogP contribution in [-0.4, -0.2) is 22.6 Å². The third kappa shape index (κ3) is 10.5. The number of carbonyl (C=O) groups excluding carboxylic acids is 1. The zero-order chi connectivity index (χ0) is 14.9. The monoisotopic (exact) mass is 272 g/mol. The van der Waals surface area contributed by atoms with E-state index < -0.39 is 23.5 Å². The maximum Gasteiger partial charge on any atom is 0.307 e. The van der Waals surface area contributed by atoms with Gasteiger partial charge in [0.1, 0.15) is 5.60 Å². The first-order valence-corrected chi connectivity index (χ1v) is 7.21. The summed E-state index contributed by atoms with van der Waals surface area (Å²) in [4.78, 5) is 22.7. The van der Waals surface area contributed by atoms with Crippen molar-refractivity contribution in [2.75, 3.05) is 0 Å². The van der Waals surface area contributed by atoms with Crippen molar-refractivity contribution in [1.29, 1.82) is 0 Å². The molecule has 0 radical (unpaired) electrons. The Labute approximate surface area is 116 Å². The Balaban J connectivity index is 4.05. The van der Waals surface area contributed by atoms with E-state index in [2.05, 4.69) is 6.92 Å². The number of unbranched alkanes of at least 4 members (excludes halogenated alkanes) is 4. The van der Waals surface area contributed by atoms with Crippen molar-refractivity contribution in [2.45, 2.75) is 78.2 Å². The van der Waals surface area contributed by atoms with Crippen LogP contribution in [0.1, 0.15) is 72.6 Å². The third-order valence-corrected chi connectivity index (χ3v) is 2.84. The number of carboxylic acid groups (broad SMARTS) is 1. The lowest BCUT2D eigenvalue weighted by Crippen LogP contribution is -2.27. The molecule has 0 aromatic heterocycles. The molecule has 112 valence electrons. The largest absolute Gasteiger partial charge is 0.481 e. The lowest BCUT2D eigenvalue weighted by molar-refractivity contribution is -0.160.